The molecule has 4 aliphatic carbocycles. The van der Waals surface area contributed by atoms with Gasteiger partial charge in [-0.25, -0.2) is 0 Å². The van der Waals surface area contributed by atoms with E-state index in [0.29, 0.717) is 41.8 Å². The SMILES string of the molecule is CC(=O)OC1=C2CC[C@H]3[C@@H]4CC[C@H]([C@H](C)[C@@H]5[C@@H](OC(C)=O)C[C@@H](C)CN5C(C)=O)[C@@]4(C)CC[C@@H]3[C@@]2(C)CCC1=O. The second-order valence-corrected chi connectivity index (χ2v) is 14.4. The Hall–Kier alpha value is -2.18. The van der Waals surface area contributed by atoms with Gasteiger partial charge in [0.2, 0.25) is 5.91 Å². The van der Waals surface area contributed by atoms with Gasteiger partial charge in [0, 0.05) is 33.7 Å². The zero-order valence-corrected chi connectivity index (χ0v) is 25.6. The highest BCUT2D eigenvalue weighted by atomic mass is 16.5. The lowest BCUT2D eigenvalue weighted by Crippen LogP contribution is -2.59. The van der Waals surface area contributed by atoms with Crippen molar-refractivity contribution >= 4 is 23.6 Å². The molecule has 5 rings (SSSR count). The number of Topliss-reactive ketones (excluding diaryl/α,β-unsaturated/α-hetero) is 1. The van der Waals surface area contributed by atoms with Gasteiger partial charge in [-0.2, -0.15) is 0 Å². The average Bonchev–Trinajstić information content (AvgIpc) is 3.22. The normalized spacial score (nSPS) is 41.9. The molecule has 0 N–H and O–H groups in total. The molecule has 1 saturated heterocycles. The molecule has 0 aromatic heterocycles. The summed E-state index contributed by atoms with van der Waals surface area (Å²) >= 11 is 0. The first kappa shape index (κ1) is 29.3. The molecule has 0 bridgehead atoms. The number of hydrogen-bond donors (Lipinski definition) is 0. The van der Waals surface area contributed by atoms with E-state index < -0.39 is 5.97 Å². The van der Waals surface area contributed by atoms with Crippen LogP contribution in [0.1, 0.15) is 106 Å². The number of carbonyl (C=O) groups excluding carboxylic acids is 4. The standard InChI is InChI=1S/C33H49NO6/c1-18-16-29(39-21(4)36)30(34(17-18)20(3)35)19(2)24-10-11-25-23-8-9-27-31(40-22(5)37)28(38)13-15-33(27,7)26(23)12-14-32(24,25)6/h18-19,23-26,29-30H,8-17H2,1-7H3/t18-,19+,23+,24-,25+,26+,29+,30-,32-,33-/m1/s1. The Bertz CT molecular complexity index is 1110. The lowest BCUT2D eigenvalue weighted by atomic mass is 9.46. The number of piperidine rings is 1. The van der Waals surface area contributed by atoms with Crippen molar-refractivity contribution in [2.45, 2.75) is 118 Å². The van der Waals surface area contributed by atoms with Crippen LogP contribution in [0.25, 0.3) is 0 Å². The van der Waals surface area contributed by atoms with Gasteiger partial charge < -0.3 is 14.4 Å². The van der Waals surface area contributed by atoms with E-state index in [2.05, 4.69) is 27.7 Å². The first-order chi connectivity index (χ1) is 18.8. The molecule has 4 fully saturated rings. The molecule has 0 aromatic carbocycles. The van der Waals surface area contributed by atoms with Crippen molar-refractivity contribution < 1.29 is 28.7 Å². The van der Waals surface area contributed by atoms with Crippen LogP contribution in [0.3, 0.4) is 0 Å². The second-order valence-electron chi connectivity index (χ2n) is 14.4. The van der Waals surface area contributed by atoms with Crippen LogP contribution in [0.2, 0.25) is 0 Å². The molecule has 0 spiro atoms. The predicted molar refractivity (Wildman–Crippen MR) is 151 cm³/mol. The summed E-state index contributed by atoms with van der Waals surface area (Å²) in [5.74, 6) is 2.35. The quantitative estimate of drug-likeness (QED) is 0.404. The number of likely N-dealkylation sites (tertiary alicyclic amines) is 1. The fourth-order valence-electron chi connectivity index (χ4n) is 10.6. The van der Waals surface area contributed by atoms with Crippen LogP contribution in [-0.2, 0) is 28.7 Å². The summed E-state index contributed by atoms with van der Waals surface area (Å²) in [4.78, 5) is 51.6. The van der Waals surface area contributed by atoms with Crippen LogP contribution >= 0.6 is 0 Å². The average molecular weight is 556 g/mol. The lowest BCUT2D eigenvalue weighted by molar-refractivity contribution is -0.165. The highest BCUT2D eigenvalue weighted by molar-refractivity contribution is 5.97. The number of carbonyl (C=O) groups is 4. The zero-order chi connectivity index (χ0) is 29.1. The highest BCUT2D eigenvalue weighted by Crippen LogP contribution is 2.68. The minimum Gasteiger partial charge on any atom is -0.460 e. The number of allylic oxidation sites excluding steroid dienone is 1. The summed E-state index contributed by atoms with van der Waals surface area (Å²) in [5.41, 5.74) is 1.15. The van der Waals surface area contributed by atoms with Crippen molar-refractivity contribution in [3.05, 3.63) is 11.3 Å². The Labute approximate surface area is 239 Å². The number of rotatable bonds is 4. The molecule has 1 aliphatic heterocycles. The smallest absolute Gasteiger partial charge is 0.308 e. The largest absolute Gasteiger partial charge is 0.460 e. The molecule has 222 valence electrons. The molecule has 0 aromatic rings. The van der Waals surface area contributed by atoms with E-state index in [1.165, 1.54) is 20.3 Å². The third kappa shape index (κ3) is 4.73. The summed E-state index contributed by atoms with van der Waals surface area (Å²) in [6.07, 6.45) is 8.22. The molecule has 0 unspecified atom stereocenters. The van der Waals surface area contributed by atoms with Gasteiger partial charge in [-0.05, 0) is 103 Å². The fourth-order valence-corrected chi connectivity index (χ4v) is 10.6. The van der Waals surface area contributed by atoms with Crippen molar-refractivity contribution in [2.24, 2.45) is 46.3 Å². The maximum Gasteiger partial charge on any atom is 0.308 e. The molecule has 7 nitrogen and oxygen atoms in total. The summed E-state index contributed by atoms with van der Waals surface area (Å²) in [6, 6.07) is -0.0926. The summed E-state index contributed by atoms with van der Waals surface area (Å²) in [7, 11) is 0. The zero-order valence-electron chi connectivity index (χ0n) is 25.6. The van der Waals surface area contributed by atoms with Crippen molar-refractivity contribution in [3.8, 4) is 0 Å². The predicted octanol–water partition coefficient (Wildman–Crippen LogP) is 5.85. The van der Waals surface area contributed by atoms with Crippen LogP contribution in [0.4, 0.5) is 0 Å². The molecule has 5 aliphatic rings. The second kappa shape index (κ2) is 10.6. The van der Waals surface area contributed by atoms with Crippen LogP contribution in [0.5, 0.6) is 0 Å². The number of ether oxygens (including phenoxy) is 2. The van der Waals surface area contributed by atoms with Gasteiger partial charge >= 0.3 is 11.9 Å². The molecule has 0 radical (unpaired) electrons. The first-order valence-corrected chi connectivity index (χ1v) is 15.7. The van der Waals surface area contributed by atoms with Gasteiger partial charge in [0.15, 0.2) is 11.5 Å². The van der Waals surface area contributed by atoms with Crippen LogP contribution in [0.15, 0.2) is 11.3 Å². The maximum atomic E-state index is 12.9. The minimum atomic E-state index is -0.408. The van der Waals surface area contributed by atoms with Crippen molar-refractivity contribution in [3.63, 3.8) is 0 Å². The van der Waals surface area contributed by atoms with Crippen LogP contribution in [0, 0.1) is 46.3 Å². The van der Waals surface area contributed by atoms with Gasteiger partial charge in [0.1, 0.15) is 6.10 Å². The monoisotopic (exact) mass is 555 g/mol. The molecule has 3 saturated carbocycles. The maximum absolute atomic E-state index is 12.9. The van der Waals surface area contributed by atoms with Crippen molar-refractivity contribution in [1.29, 1.82) is 0 Å². The van der Waals surface area contributed by atoms with E-state index >= 15 is 0 Å². The number of hydrogen-bond acceptors (Lipinski definition) is 6. The molecule has 40 heavy (non-hydrogen) atoms. The Morgan fingerprint density at radius 2 is 1.68 bits per heavy atom. The van der Waals surface area contributed by atoms with Gasteiger partial charge in [-0.3, -0.25) is 19.2 Å². The van der Waals surface area contributed by atoms with Crippen molar-refractivity contribution in [2.75, 3.05) is 6.54 Å². The summed E-state index contributed by atoms with van der Waals surface area (Å²) < 4.78 is 11.4. The number of ketones is 1. The number of esters is 2. The summed E-state index contributed by atoms with van der Waals surface area (Å²) in [6.45, 7) is 14.5. The van der Waals surface area contributed by atoms with Gasteiger partial charge in [0.25, 0.3) is 0 Å². The highest BCUT2D eigenvalue weighted by Gasteiger charge is 2.61. The van der Waals surface area contributed by atoms with Gasteiger partial charge in [-0.1, -0.05) is 27.7 Å². The van der Waals surface area contributed by atoms with Crippen LogP contribution in [-0.4, -0.2) is 47.2 Å². The molecule has 1 amide bonds. The van der Waals surface area contributed by atoms with E-state index in [1.807, 2.05) is 4.90 Å². The molecule has 7 heteroatoms. The molecular weight excluding hydrogens is 506 g/mol. The van der Waals surface area contributed by atoms with E-state index in [-0.39, 0.29) is 46.6 Å². The minimum absolute atomic E-state index is 0.0179. The number of nitrogens with zero attached hydrogens (tertiary/aromatic N) is 1. The fraction of sp³-hybridized carbons (Fsp3) is 0.818. The Morgan fingerprint density at radius 1 is 0.950 bits per heavy atom. The first-order valence-electron chi connectivity index (χ1n) is 15.7. The Morgan fingerprint density at radius 3 is 2.33 bits per heavy atom. The third-order valence-electron chi connectivity index (χ3n) is 12.2. The Kier molecular flexibility index (Phi) is 7.76. The lowest BCUT2D eigenvalue weighted by Gasteiger charge is -2.59. The van der Waals surface area contributed by atoms with E-state index in [1.54, 1.807) is 6.92 Å². The summed E-state index contributed by atoms with van der Waals surface area (Å²) in [5, 5.41) is 0. The van der Waals surface area contributed by atoms with E-state index in [4.69, 9.17) is 9.47 Å². The Balaban J connectivity index is 1.42. The van der Waals surface area contributed by atoms with E-state index in [0.717, 1.165) is 57.1 Å². The van der Waals surface area contributed by atoms with Gasteiger partial charge in [-0.15, -0.1) is 0 Å². The number of amides is 1. The van der Waals surface area contributed by atoms with Crippen LogP contribution < -0.4 is 0 Å². The molecule has 1 heterocycles. The molecule has 10 atom stereocenters. The third-order valence-corrected chi connectivity index (χ3v) is 12.2. The number of fused-ring (bicyclic) bond motifs is 5. The molecular formula is C33H49NO6. The van der Waals surface area contributed by atoms with Gasteiger partial charge in [0.05, 0.1) is 6.04 Å². The van der Waals surface area contributed by atoms with E-state index in [9.17, 15) is 19.2 Å². The van der Waals surface area contributed by atoms with Crippen molar-refractivity contribution in [1.82, 2.24) is 4.90 Å². The topological polar surface area (TPSA) is 90.0 Å².